The molecule has 0 unspecified atom stereocenters. The molecule has 1 amide bonds. The number of carbonyl (C=O) groups is 1. The van der Waals surface area contributed by atoms with Crippen LogP contribution in [0.1, 0.15) is 24.8 Å². The first-order valence-corrected chi connectivity index (χ1v) is 6.72. The molecule has 0 aliphatic carbocycles. The number of benzene rings is 1. The maximum Gasteiger partial charge on any atom is 0.224 e. The Hall–Kier alpha value is -1.05. The zero-order valence-electron chi connectivity index (χ0n) is 9.17. The van der Waals surface area contributed by atoms with Gasteiger partial charge >= 0.3 is 0 Å². The molecule has 1 N–H and O–H groups in total. The Morgan fingerprint density at radius 3 is 2.82 bits per heavy atom. The predicted molar refractivity (Wildman–Crippen MR) is 72.4 cm³/mol. The van der Waals surface area contributed by atoms with Gasteiger partial charge in [-0.05, 0) is 31.0 Å². The van der Waals surface area contributed by atoms with Gasteiger partial charge in [0.15, 0.2) is 0 Å². The van der Waals surface area contributed by atoms with E-state index < -0.39 is 0 Å². The van der Waals surface area contributed by atoms with Crippen molar-refractivity contribution in [1.82, 2.24) is 0 Å². The van der Waals surface area contributed by atoms with Crippen LogP contribution in [-0.2, 0) is 4.79 Å². The predicted octanol–water partition coefficient (Wildman–Crippen LogP) is 3.72. The highest BCUT2D eigenvalue weighted by Gasteiger charge is 2.04. The number of nitriles is 1. The first-order valence-electron chi connectivity index (χ1n) is 5.23. The highest BCUT2D eigenvalue weighted by Crippen LogP contribution is 2.20. The van der Waals surface area contributed by atoms with Crippen LogP contribution in [-0.4, -0.2) is 11.2 Å². The maximum atomic E-state index is 11.5. The normalized spacial score (nSPS) is 9.71. The maximum absolute atomic E-state index is 11.5. The van der Waals surface area contributed by atoms with Crippen molar-refractivity contribution < 1.29 is 4.79 Å². The average molecular weight is 316 g/mol. The number of nitrogens with zero attached hydrogens (tertiary/aromatic N) is 1. The molecule has 0 aromatic heterocycles. The molecule has 1 aromatic carbocycles. The summed E-state index contributed by atoms with van der Waals surface area (Å²) >= 11 is 9.17. The van der Waals surface area contributed by atoms with Gasteiger partial charge in [0, 0.05) is 17.4 Å². The zero-order chi connectivity index (χ0) is 12.7. The monoisotopic (exact) mass is 314 g/mol. The van der Waals surface area contributed by atoms with Crippen LogP contribution >= 0.6 is 27.5 Å². The second-order valence-electron chi connectivity index (χ2n) is 3.50. The van der Waals surface area contributed by atoms with Crippen LogP contribution in [0, 0.1) is 11.3 Å². The lowest BCUT2D eigenvalue weighted by Crippen LogP contribution is -2.11. The van der Waals surface area contributed by atoms with Gasteiger partial charge in [0.25, 0.3) is 0 Å². The number of amides is 1. The molecule has 1 rings (SSSR count). The number of rotatable bonds is 5. The zero-order valence-corrected chi connectivity index (χ0v) is 11.5. The number of nitrogens with one attached hydrogen (secondary N) is 1. The van der Waals surface area contributed by atoms with E-state index in [1.54, 1.807) is 18.2 Å². The molecule has 0 heterocycles. The summed E-state index contributed by atoms with van der Waals surface area (Å²) in [7, 11) is 0. The number of alkyl halides is 1. The largest absolute Gasteiger partial charge is 0.326 e. The van der Waals surface area contributed by atoms with Gasteiger partial charge in [0.05, 0.1) is 10.6 Å². The van der Waals surface area contributed by atoms with Crippen molar-refractivity contribution in [3.63, 3.8) is 0 Å². The smallest absolute Gasteiger partial charge is 0.224 e. The van der Waals surface area contributed by atoms with Gasteiger partial charge in [0.1, 0.15) is 6.07 Å². The van der Waals surface area contributed by atoms with Gasteiger partial charge in [-0.3, -0.25) is 4.79 Å². The quantitative estimate of drug-likeness (QED) is 0.665. The first kappa shape index (κ1) is 14.0. The molecular weight excluding hydrogens is 304 g/mol. The Morgan fingerprint density at radius 2 is 2.24 bits per heavy atom. The molecule has 0 radical (unpaired) electrons. The summed E-state index contributed by atoms with van der Waals surface area (Å²) in [5.74, 6) is -0.0354. The lowest BCUT2D eigenvalue weighted by atomic mass is 10.2. The lowest BCUT2D eigenvalue weighted by molar-refractivity contribution is -0.116. The number of unbranched alkanes of at least 4 members (excludes halogenated alkanes) is 1. The van der Waals surface area contributed by atoms with Crippen LogP contribution in [0.5, 0.6) is 0 Å². The summed E-state index contributed by atoms with van der Waals surface area (Å²) < 4.78 is 0. The van der Waals surface area contributed by atoms with Crippen molar-refractivity contribution in [3.05, 3.63) is 28.8 Å². The van der Waals surface area contributed by atoms with Crippen LogP contribution < -0.4 is 5.32 Å². The second-order valence-corrected chi connectivity index (χ2v) is 4.70. The molecule has 0 bridgehead atoms. The van der Waals surface area contributed by atoms with Crippen molar-refractivity contribution in [2.75, 3.05) is 10.6 Å². The van der Waals surface area contributed by atoms with Gasteiger partial charge in [-0.15, -0.1) is 0 Å². The van der Waals surface area contributed by atoms with Gasteiger partial charge < -0.3 is 5.32 Å². The van der Waals surface area contributed by atoms with Crippen molar-refractivity contribution in [2.24, 2.45) is 0 Å². The van der Waals surface area contributed by atoms with Gasteiger partial charge in [0.2, 0.25) is 5.91 Å². The Morgan fingerprint density at radius 1 is 1.47 bits per heavy atom. The third kappa shape index (κ3) is 4.76. The van der Waals surface area contributed by atoms with E-state index in [0.29, 0.717) is 22.7 Å². The average Bonchev–Trinajstić information content (AvgIpc) is 2.29. The molecule has 0 aliphatic heterocycles. The van der Waals surface area contributed by atoms with E-state index >= 15 is 0 Å². The van der Waals surface area contributed by atoms with Crippen LogP contribution in [0.25, 0.3) is 0 Å². The van der Waals surface area contributed by atoms with Crippen LogP contribution in [0.2, 0.25) is 5.02 Å². The fraction of sp³-hybridized carbons (Fsp3) is 0.333. The summed E-state index contributed by atoms with van der Waals surface area (Å²) in [6.07, 6.45) is 2.31. The molecule has 0 fully saturated rings. The third-order valence-electron chi connectivity index (χ3n) is 2.16. The van der Waals surface area contributed by atoms with Crippen molar-refractivity contribution >= 4 is 39.1 Å². The minimum absolute atomic E-state index is 0.0354. The number of carbonyl (C=O) groups excluding carboxylic acids is 1. The molecule has 3 nitrogen and oxygen atoms in total. The summed E-state index contributed by atoms with van der Waals surface area (Å²) in [4.78, 5) is 11.5. The number of halogens is 2. The van der Waals surface area contributed by atoms with Crippen LogP contribution in [0.3, 0.4) is 0 Å². The highest BCUT2D eigenvalue weighted by molar-refractivity contribution is 9.09. The van der Waals surface area contributed by atoms with E-state index in [2.05, 4.69) is 21.2 Å². The van der Waals surface area contributed by atoms with E-state index in [-0.39, 0.29) is 5.91 Å². The molecule has 0 saturated heterocycles. The molecule has 90 valence electrons. The van der Waals surface area contributed by atoms with E-state index in [9.17, 15) is 4.79 Å². The molecule has 5 heteroatoms. The Kier molecular flexibility index (Phi) is 6.03. The fourth-order valence-corrected chi connectivity index (χ4v) is 1.91. The summed E-state index contributed by atoms with van der Waals surface area (Å²) in [6.45, 7) is 0. The molecule has 0 aliphatic rings. The molecule has 0 saturated carbocycles. The summed E-state index contributed by atoms with van der Waals surface area (Å²) in [5.41, 5.74) is 1.03. The third-order valence-corrected chi connectivity index (χ3v) is 3.03. The van der Waals surface area contributed by atoms with E-state index in [1.165, 1.54) is 0 Å². The molecule has 17 heavy (non-hydrogen) atoms. The Balaban J connectivity index is 2.55. The van der Waals surface area contributed by atoms with E-state index in [4.69, 9.17) is 16.9 Å². The number of hydrogen-bond acceptors (Lipinski definition) is 2. The van der Waals surface area contributed by atoms with Crippen LogP contribution in [0.4, 0.5) is 5.69 Å². The summed E-state index contributed by atoms with van der Waals surface area (Å²) in [5, 5.41) is 12.7. The standard InChI is InChI=1S/C12H12BrClN2O/c13-6-2-1-3-12(17)16-10-5-4-9(8-15)11(14)7-10/h4-5,7H,1-3,6H2,(H,16,17). The van der Waals surface area contributed by atoms with Gasteiger partial charge in [-0.25, -0.2) is 0 Å². The number of hydrogen-bond donors (Lipinski definition) is 1. The second kappa shape index (κ2) is 7.31. The minimum Gasteiger partial charge on any atom is -0.326 e. The fourth-order valence-electron chi connectivity index (χ4n) is 1.29. The first-order chi connectivity index (χ1) is 8.17. The topological polar surface area (TPSA) is 52.9 Å². The van der Waals surface area contributed by atoms with E-state index in [0.717, 1.165) is 18.2 Å². The minimum atomic E-state index is -0.0354. The molecule has 0 spiro atoms. The summed E-state index contributed by atoms with van der Waals surface area (Å²) in [6, 6.07) is 6.82. The van der Waals surface area contributed by atoms with Crippen LogP contribution in [0.15, 0.2) is 18.2 Å². The number of anilines is 1. The van der Waals surface area contributed by atoms with Crippen molar-refractivity contribution in [1.29, 1.82) is 5.26 Å². The highest BCUT2D eigenvalue weighted by atomic mass is 79.9. The lowest BCUT2D eigenvalue weighted by Gasteiger charge is -2.05. The van der Waals surface area contributed by atoms with Crippen molar-refractivity contribution in [3.8, 4) is 6.07 Å². The Bertz CT molecular complexity index is 443. The van der Waals surface area contributed by atoms with Crippen molar-refractivity contribution in [2.45, 2.75) is 19.3 Å². The molecule has 0 atom stereocenters. The van der Waals surface area contributed by atoms with Gasteiger partial charge in [-0.1, -0.05) is 27.5 Å². The Labute approximate surface area is 114 Å². The molecule has 1 aromatic rings. The van der Waals surface area contributed by atoms with E-state index in [1.807, 2.05) is 6.07 Å². The SMILES string of the molecule is N#Cc1ccc(NC(=O)CCCCBr)cc1Cl. The van der Waals surface area contributed by atoms with Gasteiger partial charge in [-0.2, -0.15) is 5.26 Å². The molecular formula is C12H12BrClN2O.